The summed E-state index contributed by atoms with van der Waals surface area (Å²) < 4.78 is 61.2. The lowest BCUT2D eigenvalue weighted by atomic mass is 10.0. The van der Waals surface area contributed by atoms with E-state index in [4.69, 9.17) is 27.9 Å². The number of aliphatic hydroxyl groups is 3. The first-order valence-corrected chi connectivity index (χ1v) is 11.9. The van der Waals surface area contributed by atoms with Crippen LogP contribution in [0.25, 0.3) is 11.3 Å². The third-order valence-corrected chi connectivity index (χ3v) is 7.53. The van der Waals surface area contributed by atoms with Crippen molar-refractivity contribution in [2.75, 3.05) is 6.61 Å². The first kappa shape index (κ1) is 27.9. The van der Waals surface area contributed by atoms with Crippen LogP contribution in [0.4, 0.5) is 17.6 Å². The van der Waals surface area contributed by atoms with E-state index in [2.05, 4.69) is 10.3 Å². The summed E-state index contributed by atoms with van der Waals surface area (Å²) in [5, 5.41) is 37.0. The van der Waals surface area contributed by atoms with Gasteiger partial charge in [0.25, 0.3) is 0 Å². The number of nitrogens with zero attached hydrogens (tertiary/aromatic N) is 3. The Kier molecular flexibility index (Phi) is 9.24. The zero-order valence-electron chi connectivity index (χ0n) is 18.2. The summed E-state index contributed by atoms with van der Waals surface area (Å²) in [6, 6.07) is 1.44. The molecule has 0 saturated carbocycles. The van der Waals surface area contributed by atoms with Crippen LogP contribution < -0.4 is 0 Å². The second-order valence-corrected chi connectivity index (χ2v) is 9.88. The van der Waals surface area contributed by atoms with Gasteiger partial charge in [0.2, 0.25) is 0 Å². The number of thioether (sulfide) groups is 1. The Balaban J connectivity index is 1.91. The molecule has 192 valence electrons. The molecule has 4 unspecified atom stereocenters. The van der Waals surface area contributed by atoms with Crippen LogP contribution in [0.1, 0.15) is 20.1 Å². The Morgan fingerprint density at radius 3 is 2.37 bits per heavy atom. The number of hydrogen-bond donors (Lipinski definition) is 3. The van der Waals surface area contributed by atoms with Crippen molar-refractivity contribution in [2.24, 2.45) is 5.92 Å². The maximum absolute atomic E-state index is 14.1. The quantitative estimate of drug-likeness (QED) is 0.241. The normalized spacial score (nSPS) is 22.1. The van der Waals surface area contributed by atoms with Crippen molar-refractivity contribution in [2.45, 2.75) is 43.0 Å². The van der Waals surface area contributed by atoms with Gasteiger partial charge < -0.3 is 20.1 Å². The molecule has 14 heteroatoms. The topological polar surface area (TPSA) is 101 Å². The van der Waals surface area contributed by atoms with Gasteiger partial charge in [0, 0.05) is 16.7 Å². The Labute approximate surface area is 212 Å². The van der Waals surface area contributed by atoms with Crippen LogP contribution in [-0.4, -0.2) is 59.8 Å². The highest BCUT2D eigenvalue weighted by atomic mass is 35.5. The number of halogens is 6. The van der Waals surface area contributed by atoms with E-state index in [9.17, 15) is 32.9 Å². The molecule has 0 fully saturated rings. The lowest BCUT2D eigenvalue weighted by Crippen LogP contribution is -2.38. The van der Waals surface area contributed by atoms with Gasteiger partial charge in [0.1, 0.15) is 11.8 Å². The van der Waals surface area contributed by atoms with Crippen LogP contribution >= 0.6 is 35.0 Å². The molecule has 1 aliphatic rings. The van der Waals surface area contributed by atoms with Gasteiger partial charge in [-0.2, -0.15) is 0 Å². The summed E-state index contributed by atoms with van der Waals surface area (Å²) in [4.78, 5) is 0. The number of hydrogen-bond acceptors (Lipinski definition) is 7. The molecule has 1 heterocycles. The van der Waals surface area contributed by atoms with Crippen LogP contribution in [0, 0.1) is 23.4 Å². The van der Waals surface area contributed by atoms with Crippen molar-refractivity contribution >= 4 is 35.0 Å². The van der Waals surface area contributed by atoms with Crippen molar-refractivity contribution in [3.63, 3.8) is 0 Å². The molecule has 0 amide bonds. The minimum absolute atomic E-state index is 0.0816. The number of aliphatic hydroxyl groups excluding tert-OH is 3. The predicted molar refractivity (Wildman–Crippen MR) is 122 cm³/mol. The second-order valence-electron chi connectivity index (χ2n) is 7.78. The predicted octanol–water partition coefficient (Wildman–Crippen LogP) is 4.23. The molecular weight excluding hydrogens is 537 g/mol. The zero-order valence-corrected chi connectivity index (χ0v) is 20.6. The first-order chi connectivity index (χ1) is 16.4. The highest BCUT2D eigenvalue weighted by molar-refractivity contribution is 8.00. The molecule has 1 aliphatic carbocycles. The third kappa shape index (κ3) is 6.19. The average Bonchev–Trinajstić information content (AvgIpc) is 3.31. The Hall–Kier alpha value is -1.67. The summed E-state index contributed by atoms with van der Waals surface area (Å²) in [7, 11) is 0. The molecule has 35 heavy (non-hydrogen) atoms. The Bertz CT molecular complexity index is 1110. The van der Waals surface area contributed by atoms with Gasteiger partial charge in [0.15, 0.2) is 34.9 Å². The standard InChI is InChI=1S/C21H21Cl2F4N3O4S/c1-8-16(5-11(22)18(26)17(8)23)35-21(34-15(7-31)9(2)32)20(33)30-6-14(28-29-30)10-3-12(24)19(27)13(25)4-10/h3-6,8-9,15-16,20-21,31-33H,7H2,1-2H3/t8?,9-,15?,16?,20?,21-/m1/s1. The molecule has 7 nitrogen and oxygen atoms in total. The Morgan fingerprint density at radius 1 is 1.17 bits per heavy atom. The molecule has 0 radical (unpaired) electrons. The van der Waals surface area contributed by atoms with Gasteiger partial charge in [-0.1, -0.05) is 35.3 Å². The van der Waals surface area contributed by atoms with Crippen LogP contribution in [0.5, 0.6) is 0 Å². The second kappa shape index (κ2) is 11.6. The zero-order chi connectivity index (χ0) is 26.0. The SMILES string of the molecule is CC1C(Cl)=C(F)C(Cl)=CC1S[C@@H](OC(CO)[C@@H](C)O)C(O)n1cc(-c2cc(F)c(F)c(F)c2)nn1. The number of allylic oxidation sites excluding steroid dienone is 3. The van der Waals surface area contributed by atoms with E-state index in [0.29, 0.717) is 0 Å². The number of aromatic nitrogens is 3. The van der Waals surface area contributed by atoms with Gasteiger partial charge >= 0.3 is 0 Å². The minimum Gasteiger partial charge on any atom is -0.394 e. The summed E-state index contributed by atoms with van der Waals surface area (Å²) in [6.07, 6.45) is -1.34. The average molecular weight is 558 g/mol. The largest absolute Gasteiger partial charge is 0.394 e. The molecule has 2 aromatic rings. The molecule has 3 rings (SSSR count). The fraction of sp³-hybridized carbons (Fsp3) is 0.429. The van der Waals surface area contributed by atoms with Crippen molar-refractivity contribution in [3.05, 3.63) is 57.7 Å². The van der Waals surface area contributed by atoms with E-state index in [0.717, 1.165) is 34.8 Å². The van der Waals surface area contributed by atoms with Gasteiger partial charge in [-0.3, -0.25) is 0 Å². The molecule has 0 spiro atoms. The third-order valence-electron chi connectivity index (χ3n) is 5.25. The monoisotopic (exact) mass is 557 g/mol. The van der Waals surface area contributed by atoms with Crippen LogP contribution in [0.2, 0.25) is 0 Å². The van der Waals surface area contributed by atoms with E-state index < -0.39 is 64.9 Å². The van der Waals surface area contributed by atoms with Crippen LogP contribution in [0.3, 0.4) is 0 Å². The molecule has 1 aromatic carbocycles. The van der Waals surface area contributed by atoms with Crippen molar-refractivity contribution < 1.29 is 37.6 Å². The molecule has 0 bridgehead atoms. The summed E-state index contributed by atoms with van der Waals surface area (Å²) in [6.45, 7) is 2.41. The fourth-order valence-electron chi connectivity index (χ4n) is 3.15. The van der Waals surface area contributed by atoms with E-state index >= 15 is 0 Å². The van der Waals surface area contributed by atoms with Gasteiger partial charge in [-0.05, 0) is 25.1 Å². The summed E-state index contributed by atoms with van der Waals surface area (Å²) in [5.41, 5.74) is -1.45. The van der Waals surface area contributed by atoms with Crippen LogP contribution in [0.15, 0.2) is 40.3 Å². The van der Waals surface area contributed by atoms with Crippen molar-refractivity contribution in [1.82, 2.24) is 15.0 Å². The van der Waals surface area contributed by atoms with E-state index in [1.165, 1.54) is 13.0 Å². The van der Waals surface area contributed by atoms with E-state index in [-0.39, 0.29) is 21.3 Å². The first-order valence-electron chi connectivity index (χ1n) is 10.2. The van der Waals surface area contributed by atoms with Gasteiger partial charge in [0.05, 0.1) is 29.0 Å². The number of benzene rings is 1. The minimum atomic E-state index is -1.64. The Morgan fingerprint density at radius 2 is 1.80 bits per heavy atom. The smallest absolute Gasteiger partial charge is 0.194 e. The summed E-state index contributed by atoms with van der Waals surface area (Å²) in [5.74, 6) is -5.84. The van der Waals surface area contributed by atoms with Crippen LogP contribution in [-0.2, 0) is 4.74 Å². The van der Waals surface area contributed by atoms with Crippen molar-refractivity contribution in [3.8, 4) is 11.3 Å². The fourth-order valence-corrected chi connectivity index (χ4v) is 5.19. The van der Waals surface area contributed by atoms with E-state index in [1.54, 1.807) is 6.92 Å². The summed E-state index contributed by atoms with van der Waals surface area (Å²) >= 11 is 12.9. The highest BCUT2D eigenvalue weighted by Gasteiger charge is 2.36. The number of rotatable bonds is 9. The lowest BCUT2D eigenvalue weighted by molar-refractivity contribution is -0.113. The van der Waals surface area contributed by atoms with Gasteiger partial charge in [-0.25, -0.2) is 22.2 Å². The maximum Gasteiger partial charge on any atom is 0.194 e. The molecule has 1 aromatic heterocycles. The molecular formula is C21H21Cl2F4N3O4S. The number of ether oxygens (including phenoxy) is 1. The maximum atomic E-state index is 14.1. The highest BCUT2D eigenvalue weighted by Crippen LogP contribution is 2.43. The van der Waals surface area contributed by atoms with Gasteiger partial charge in [-0.15, -0.1) is 16.9 Å². The molecule has 0 aliphatic heterocycles. The lowest BCUT2D eigenvalue weighted by Gasteiger charge is -2.33. The molecule has 6 atom stereocenters. The molecule has 3 N–H and O–H groups in total. The van der Waals surface area contributed by atoms with Crippen molar-refractivity contribution in [1.29, 1.82) is 0 Å². The van der Waals surface area contributed by atoms with E-state index in [1.807, 2.05) is 0 Å². The molecule has 0 saturated heterocycles.